The molecule has 128 valence electrons. The fraction of sp³-hybridized carbons (Fsp3) is 0.158. The smallest absolute Gasteiger partial charge is 0.255 e. The van der Waals surface area contributed by atoms with Crippen molar-refractivity contribution in [2.24, 2.45) is 0 Å². The minimum Gasteiger partial charge on any atom is -0.497 e. The Balaban J connectivity index is 1.70. The molecule has 3 aromatic rings. The van der Waals surface area contributed by atoms with Crippen molar-refractivity contribution in [1.29, 1.82) is 0 Å². The second-order valence-electron chi connectivity index (χ2n) is 5.38. The van der Waals surface area contributed by atoms with Gasteiger partial charge in [-0.15, -0.1) is 0 Å². The largest absolute Gasteiger partial charge is 0.497 e. The van der Waals surface area contributed by atoms with Crippen LogP contribution in [-0.4, -0.2) is 29.9 Å². The minimum absolute atomic E-state index is 0.233. The van der Waals surface area contributed by atoms with Crippen LogP contribution < -0.4 is 14.8 Å². The molecule has 6 nitrogen and oxygen atoms in total. The Kier molecular flexibility index (Phi) is 4.99. The van der Waals surface area contributed by atoms with Crippen molar-refractivity contribution >= 4 is 5.91 Å². The molecule has 25 heavy (non-hydrogen) atoms. The maximum atomic E-state index is 12.5. The zero-order valence-electron chi connectivity index (χ0n) is 14.1. The van der Waals surface area contributed by atoms with Gasteiger partial charge in [0.15, 0.2) is 0 Å². The van der Waals surface area contributed by atoms with E-state index in [1.807, 2.05) is 36.5 Å². The fourth-order valence-electron chi connectivity index (χ4n) is 2.44. The second kappa shape index (κ2) is 7.53. The zero-order chi connectivity index (χ0) is 17.6. The number of nitrogens with one attached hydrogen (secondary N) is 1. The molecule has 1 amide bonds. The number of carbonyl (C=O) groups excluding carboxylic acids is 1. The summed E-state index contributed by atoms with van der Waals surface area (Å²) >= 11 is 0. The Morgan fingerprint density at radius 3 is 2.64 bits per heavy atom. The SMILES string of the molecule is COc1ccc(OC)c(C(=O)NCc2cnn(-c3ccccc3)c2)c1. The second-order valence-corrected chi connectivity index (χ2v) is 5.38. The number of nitrogens with zero attached hydrogens (tertiary/aromatic N) is 2. The first-order chi connectivity index (χ1) is 12.2. The number of aromatic nitrogens is 2. The van der Waals surface area contributed by atoms with Gasteiger partial charge in [-0.25, -0.2) is 4.68 Å². The first kappa shape index (κ1) is 16.6. The van der Waals surface area contributed by atoms with E-state index in [9.17, 15) is 4.79 Å². The Hall–Kier alpha value is -3.28. The topological polar surface area (TPSA) is 65.4 Å². The molecule has 0 saturated carbocycles. The molecule has 1 N–H and O–H groups in total. The molecule has 0 radical (unpaired) electrons. The Labute approximate surface area is 146 Å². The maximum Gasteiger partial charge on any atom is 0.255 e. The number of hydrogen-bond donors (Lipinski definition) is 1. The lowest BCUT2D eigenvalue weighted by Gasteiger charge is -2.10. The van der Waals surface area contributed by atoms with E-state index in [1.54, 1.807) is 36.2 Å². The van der Waals surface area contributed by atoms with Crippen LogP contribution in [0.3, 0.4) is 0 Å². The van der Waals surface area contributed by atoms with Crippen LogP contribution in [0.2, 0.25) is 0 Å². The van der Waals surface area contributed by atoms with Gasteiger partial charge < -0.3 is 14.8 Å². The fourth-order valence-corrected chi connectivity index (χ4v) is 2.44. The van der Waals surface area contributed by atoms with E-state index >= 15 is 0 Å². The molecule has 0 atom stereocenters. The normalized spacial score (nSPS) is 10.3. The summed E-state index contributed by atoms with van der Waals surface area (Å²) in [5.41, 5.74) is 2.30. The standard InChI is InChI=1S/C19H19N3O3/c1-24-16-8-9-18(25-2)17(10-16)19(23)20-11-14-12-21-22(13-14)15-6-4-3-5-7-15/h3-10,12-13H,11H2,1-2H3,(H,20,23). The van der Waals surface area contributed by atoms with Crippen LogP contribution in [0.15, 0.2) is 60.9 Å². The summed E-state index contributed by atoms with van der Waals surface area (Å²) in [7, 11) is 3.09. The van der Waals surface area contributed by atoms with Crippen molar-refractivity contribution in [2.45, 2.75) is 6.54 Å². The third-order valence-electron chi connectivity index (χ3n) is 3.76. The van der Waals surface area contributed by atoms with Gasteiger partial charge in [-0.3, -0.25) is 4.79 Å². The Morgan fingerprint density at radius 2 is 1.92 bits per heavy atom. The number of para-hydroxylation sites is 1. The van der Waals surface area contributed by atoms with Crippen molar-refractivity contribution in [1.82, 2.24) is 15.1 Å². The average molecular weight is 337 g/mol. The van der Waals surface area contributed by atoms with Gasteiger partial charge in [-0.2, -0.15) is 5.10 Å². The summed E-state index contributed by atoms with van der Waals surface area (Å²) in [6.45, 7) is 0.367. The molecule has 0 unspecified atom stereocenters. The third-order valence-corrected chi connectivity index (χ3v) is 3.76. The highest BCUT2D eigenvalue weighted by atomic mass is 16.5. The van der Waals surface area contributed by atoms with Crippen LogP contribution in [0.25, 0.3) is 5.69 Å². The van der Waals surface area contributed by atoms with Crippen LogP contribution in [0.5, 0.6) is 11.5 Å². The first-order valence-electron chi connectivity index (χ1n) is 7.80. The predicted octanol–water partition coefficient (Wildman–Crippen LogP) is 2.82. The van der Waals surface area contributed by atoms with Gasteiger partial charge in [0.25, 0.3) is 5.91 Å². The van der Waals surface area contributed by atoms with Crippen LogP contribution in [0, 0.1) is 0 Å². The molecule has 0 aliphatic rings. The van der Waals surface area contributed by atoms with Crippen LogP contribution in [0.4, 0.5) is 0 Å². The number of methoxy groups -OCH3 is 2. The van der Waals surface area contributed by atoms with E-state index in [0.29, 0.717) is 23.6 Å². The molecule has 3 rings (SSSR count). The molecular formula is C19H19N3O3. The number of rotatable bonds is 6. The van der Waals surface area contributed by atoms with Crippen LogP contribution in [0.1, 0.15) is 15.9 Å². The van der Waals surface area contributed by atoms with E-state index in [4.69, 9.17) is 9.47 Å². The van der Waals surface area contributed by atoms with Gasteiger partial charge in [0.2, 0.25) is 0 Å². The lowest BCUT2D eigenvalue weighted by atomic mass is 10.1. The van der Waals surface area contributed by atoms with Gasteiger partial charge in [0, 0.05) is 18.3 Å². The highest BCUT2D eigenvalue weighted by Gasteiger charge is 2.13. The quantitative estimate of drug-likeness (QED) is 0.751. The third kappa shape index (κ3) is 3.80. The molecular weight excluding hydrogens is 318 g/mol. The molecule has 0 saturated heterocycles. The van der Waals surface area contributed by atoms with E-state index in [1.165, 1.54) is 7.11 Å². The molecule has 1 heterocycles. The average Bonchev–Trinajstić information content (AvgIpc) is 3.15. The predicted molar refractivity (Wildman–Crippen MR) is 94.3 cm³/mol. The van der Waals surface area contributed by atoms with Crippen LogP contribution in [-0.2, 0) is 6.54 Å². The van der Waals surface area contributed by atoms with E-state index in [-0.39, 0.29) is 5.91 Å². The highest BCUT2D eigenvalue weighted by Crippen LogP contribution is 2.23. The number of amides is 1. The zero-order valence-corrected chi connectivity index (χ0v) is 14.1. The molecule has 2 aromatic carbocycles. The summed E-state index contributed by atoms with van der Waals surface area (Å²) in [5, 5.41) is 7.20. The lowest BCUT2D eigenvalue weighted by Crippen LogP contribution is -2.23. The molecule has 0 aliphatic carbocycles. The number of carbonyl (C=O) groups is 1. The monoisotopic (exact) mass is 337 g/mol. The lowest BCUT2D eigenvalue weighted by molar-refractivity contribution is 0.0947. The minimum atomic E-state index is -0.233. The summed E-state index contributed by atoms with van der Waals surface area (Å²) in [4.78, 5) is 12.5. The van der Waals surface area contributed by atoms with Gasteiger partial charge in [0.1, 0.15) is 11.5 Å². The molecule has 0 spiro atoms. The van der Waals surface area contributed by atoms with E-state index < -0.39 is 0 Å². The van der Waals surface area contributed by atoms with E-state index in [2.05, 4.69) is 10.4 Å². The first-order valence-corrected chi connectivity index (χ1v) is 7.80. The highest BCUT2D eigenvalue weighted by molar-refractivity contribution is 5.97. The molecule has 0 bridgehead atoms. The van der Waals surface area contributed by atoms with Crippen molar-refractivity contribution in [3.05, 3.63) is 72.1 Å². The number of benzene rings is 2. The summed E-state index contributed by atoms with van der Waals surface area (Å²) in [6.07, 6.45) is 3.62. The molecule has 0 aliphatic heterocycles. The molecule has 1 aromatic heterocycles. The Bertz CT molecular complexity index is 859. The molecule has 6 heteroatoms. The summed E-state index contributed by atoms with van der Waals surface area (Å²) in [6, 6.07) is 14.9. The van der Waals surface area contributed by atoms with Gasteiger partial charge >= 0.3 is 0 Å². The van der Waals surface area contributed by atoms with Crippen molar-refractivity contribution < 1.29 is 14.3 Å². The number of ether oxygens (including phenoxy) is 2. The number of hydrogen-bond acceptors (Lipinski definition) is 4. The van der Waals surface area contributed by atoms with Gasteiger partial charge in [0.05, 0.1) is 31.7 Å². The summed E-state index contributed by atoms with van der Waals surface area (Å²) in [5.74, 6) is 0.865. The van der Waals surface area contributed by atoms with Gasteiger partial charge in [-0.05, 0) is 30.3 Å². The maximum absolute atomic E-state index is 12.5. The summed E-state index contributed by atoms with van der Waals surface area (Å²) < 4.78 is 12.2. The van der Waals surface area contributed by atoms with Crippen molar-refractivity contribution in [2.75, 3.05) is 14.2 Å². The molecule has 0 fully saturated rings. The van der Waals surface area contributed by atoms with E-state index in [0.717, 1.165) is 11.3 Å². The van der Waals surface area contributed by atoms with Crippen LogP contribution >= 0.6 is 0 Å². The van der Waals surface area contributed by atoms with Gasteiger partial charge in [-0.1, -0.05) is 18.2 Å². The van der Waals surface area contributed by atoms with Crippen molar-refractivity contribution in [3.63, 3.8) is 0 Å². The Morgan fingerprint density at radius 1 is 1.12 bits per heavy atom. The van der Waals surface area contributed by atoms with Crippen molar-refractivity contribution in [3.8, 4) is 17.2 Å².